The molecule has 4 aromatic rings. The van der Waals surface area contributed by atoms with Gasteiger partial charge < -0.3 is 14.2 Å². The molecule has 0 aliphatic rings. The van der Waals surface area contributed by atoms with Crippen molar-refractivity contribution in [2.75, 3.05) is 7.11 Å². The number of hydrogen-bond donors (Lipinski definition) is 1. The molecule has 0 saturated carbocycles. The Morgan fingerprint density at radius 3 is 1.95 bits per heavy atom. The first kappa shape index (κ1) is 24.9. The second-order valence-electron chi connectivity index (χ2n) is 7.61. The monoisotopic (exact) mass is 494 g/mol. The van der Waals surface area contributed by atoms with Crippen LogP contribution in [0.15, 0.2) is 108 Å². The molecular weight excluding hydrogens is 472 g/mol. The molecule has 0 aliphatic carbocycles. The average molecular weight is 495 g/mol. The predicted molar refractivity (Wildman–Crippen MR) is 137 cm³/mol. The SMILES string of the molecule is COc1ccccc1C(=O)N/N=C/c1ccc(OC(=O)c2ccccc2)cc1OC(=O)c1ccccc1. The lowest BCUT2D eigenvalue weighted by atomic mass is 10.2. The fraction of sp³-hybridized carbons (Fsp3) is 0.0345. The van der Waals surface area contributed by atoms with Gasteiger partial charge in [0.2, 0.25) is 0 Å². The number of benzene rings is 4. The topological polar surface area (TPSA) is 103 Å². The normalized spacial score (nSPS) is 10.5. The highest BCUT2D eigenvalue weighted by Gasteiger charge is 2.15. The van der Waals surface area contributed by atoms with E-state index in [2.05, 4.69) is 10.5 Å². The number of para-hydroxylation sites is 1. The fourth-order valence-electron chi connectivity index (χ4n) is 3.30. The van der Waals surface area contributed by atoms with Crippen LogP contribution >= 0.6 is 0 Å². The smallest absolute Gasteiger partial charge is 0.343 e. The first-order valence-corrected chi connectivity index (χ1v) is 11.2. The lowest BCUT2D eigenvalue weighted by Crippen LogP contribution is -2.18. The molecule has 1 N–H and O–H groups in total. The van der Waals surface area contributed by atoms with Gasteiger partial charge in [0.15, 0.2) is 0 Å². The van der Waals surface area contributed by atoms with Gasteiger partial charge in [-0.2, -0.15) is 5.10 Å². The van der Waals surface area contributed by atoms with Gasteiger partial charge in [0.05, 0.1) is 30.0 Å². The lowest BCUT2D eigenvalue weighted by molar-refractivity contribution is 0.0732. The number of rotatable bonds is 8. The molecule has 4 rings (SSSR count). The third-order valence-corrected chi connectivity index (χ3v) is 5.14. The molecule has 8 nitrogen and oxygen atoms in total. The summed E-state index contributed by atoms with van der Waals surface area (Å²) in [4.78, 5) is 37.7. The van der Waals surface area contributed by atoms with Gasteiger partial charge >= 0.3 is 11.9 Å². The molecule has 184 valence electrons. The molecule has 0 aromatic heterocycles. The Hall–Kier alpha value is -5.24. The molecule has 37 heavy (non-hydrogen) atoms. The summed E-state index contributed by atoms with van der Waals surface area (Å²) < 4.78 is 16.2. The van der Waals surface area contributed by atoms with Gasteiger partial charge in [-0.15, -0.1) is 0 Å². The summed E-state index contributed by atoms with van der Waals surface area (Å²) in [7, 11) is 1.47. The van der Waals surface area contributed by atoms with Crippen molar-refractivity contribution in [2.45, 2.75) is 0 Å². The number of esters is 2. The Labute approximate surface area is 213 Å². The summed E-state index contributed by atoms with van der Waals surface area (Å²) in [5, 5.41) is 3.99. The Balaban J connectivity index is 1.56. The summed E-state index contributed by atoms with van der Waals surface area (Å²) in [5.41, 5.74) is 3.80. The third kappa shape index (κ3) is 6.46. The van der Waals surface area contributed by atoms with E-state index in [1.165, 1.54) is 25.5 Å². The Morgan fingerprint density at radius 1 is 0.703 bits per heavy atom. The average Bonchev–Trinajstić information content (AvgIpc) is 2.95. The molecule has 8 heteroatoms. The van der Waals surface area contributed by atoms with Crippen LogP contribution in [-0.4, -0.2) is 31.2 Å². The van der Waals surface area contributed by atoms with E-state index >= 15 is 0 Å². The maximum absolute atomic E-state index is 12.7. The quantitative estimate of drug-likeness (QED) is 0.162. The minimum Gasteiger partial charge on any atom is -0.496 e. The van der Waals surface area contributed by atoms with Gasteiger partial charge in [0, 0.05) is 11.6 Å². The molecule has 0 unspecified atom stereocenters. The standard InChI is InChI=1S/C29H22N2O6/c1-35-25-15-9-8-14-24(25)27(32)31-30-19-22-16-17-23(36-28(33)20-10-4-2-5-11-20)18-26(22)37-29(34)21-12-6-3-7-13-21/h2-19H,1H3,(H,31,32)/b30-19+. The van der Waals surface area contributed by atoms with Crippen molar-refractivity contribution < 1.29 is 28.6 Å². The summed E-state index contributed by atoms with van der Waals surface area (Å²) >= 11 is 0. The van der Waals surface area contributed by atoms with Gasteiger partial charge in [-0.3, -0.25) is 4.79 Å². The molecule has 0 heterocycles. The first-order chi connectivity index (χ1) is 18.0. The van der Waals surface area contributed by atoms with E-state index in [9.17, 15) is 14.4 Å². The van der Waals surface area contributed by atoms with Crippen LogP contribution in [0.5, 0.6) is 17.2 Å². The first-order valence-electron chi connectivity index (χ1n) is 11.2. The maximum Gasteiger partial charge on any atom is 0.343 e. The van der Waals surface area contributed by atoms with Crippen molar-refractivity contribution >= 4 is 24.1 Å². The summed E-state index contributed by atoms with van der Waals surface area (Å²) in [6.45, 7) is 0. The van der Waals surface area contributed by atoms with Crippen molar-refractivity contribution in [3.05, 3.63) is 125 Å². The highest BCUT2D eigenvalue weighted by Crippen LogP contribution is 2.26. The number of carbonyl (C=O) groups is 3. The Morgan fingerprint density at radius 2 is 1.30 bits per heavy atom. The number of amides is 1. The van der Waals surface area contributed by atoms with Crippen LogP contribution in [-0.2, 0) is 0 Å². The zero-order valence-electron chi connectivity index (χ0n) is 19.8. The number of methoxy groups -OCH3 is 1. The van der Waals surface area contributed by atoms with E-state index < -0.39 is 17.8 Å². The van der Waals surface area contributed by atoms with Crippen LogP contribution in [0.25, 0.3) is 0 Å². The molecular formula is C29H22N2O6. The summed E-state index contributed by atoms with van der Waals surface area (Å²) in [6, 6.07) is 28.1. The van der Waals surface area contributed by atoms with Crippen LogP contribution < -0.4 is 19.6 Å². The lowest BCUT2D eigenvalue weighted by Gasteiger charge is -2.11. The molecule has 0 saturated heterocycles. The van der Waals surface area contributed by atoms with Crippen LogP contribution in [0.2, 0.25) is 0 Å². The largest absolute Gasteiger partial charge is 0.496 e. The number of carbonyl (C=O) groups excluding carboxylic acids is 3. The van der Waals surface area contributed by atoms with E-state index in [1.807, 2.05) is 0 Å². The molecule has 0 fully saturated rings. The van der Waals surface area contributed by atoms with Gasteiger partial charge in [0.25, 0.3) is 5.91 Å². The third-order valence-electron chi connectivity index (χ3n) is 5.14. The van der Waals surface area contributed by atoms with E-state index in [4.69, 9.17) is 14.2 Å². The Bertz CT molecular complexity index is 1440. The van der Waals surface area contributed by atoms with Crippen molar-refractivity contribution in [1.29, 1.82) is 0 Å². The van der Waals surface area contributed by atoms with Crippen LogP contribution in [0.3, 0.4) is 0 Å². The molecule has 0 bridgehead atoms. The molecule has 4 aromatic carbocycles. The van der Waals surface area contributed by atoms with Gasteiger partial charge in [-0.25, -0.2) is 15.0 Å². The van der Waals surface area contributed by atoms with E-state index in [0.29, 0.717) is 28.0 Å². The molecule has 0 spiro atoms. The van der Waals surface area contributed by atoms with Crippen molar-refractivity contribution in [3.63, 3.8) is 0 Å². The van der Waals surface area contributed by atoms with Crippen LogP contribution in [0, 0.1) is 0 Å². The van der Waals surface area contributed by atoms with E-state index in [1.54, 1.807) is 91.0 Å². The van der Waals surface area contributed by atoms with Crippen molar-refractivity contribution in [2.24, 2.45) is 5.10 Å². The second-order valence-corrected chi connectivity index (χ2v) is 7.61. The maximum atomic E-state index is 12.7. The molecule has 0 aliphatic heterocycles. The predicted octanol–water partition coefficient (Wildman–Crippen LogP) is 4.90. The van der Waals surface area contributed by atoms with E-state index in [-0.39, 0.29) is 11.5 Å². The molecule has 0 atom stereocenters. The Kier molecular flexibility index (Phi) is 8.03. The van der Waals surface area contributed by atoms with Gasteiger partial charge in [0.1, 0.15) is 17.2 Å². The fourth-order valence-corrected chi connectivity index (χ4v) is 3.30. The number of ether oxygens (including phenoxy) is 3. The second kappa shape index (κ2) is 11.9. The number of nitrogens with one attached hydrogen (secondary N) is 1. The highest BCUT2D eigenvalue weighted by molar-refractivity contribution is 5.98. The zero-order valence-corrected chi connectivity index (χ0v) is 19.8. The summed E-state index contributed by atoms with van der Waals surface area (Å²) in [6.07, 6.45) is 1.32. The number of hydrazone groups is 1. The van der Waals surface area contributed by atoms with Crippen molar-refractivity contribution in [1.82, 2.24) is 5.43 Å². The van der Waals surface area contributed by atoms with E-state index in [0.717, 1.165) is 0 Å². The van der Waals surface area contributed by atoms with Crippen molar-refractivity contribution in [3.8, 4) is 17.2 Å². The zero-order chi connectivity index (χ0) is 26.0. The summed E-state index contributed by atoms with van der Waals surface area (Å²) in [5.74, 6) is -1.00. The van der Waals surface area contributed by atoms with Gasteiger partial charge in [-0.1, -0.05) is 48.5 Å². The van der Waals surface area contributed by atoms with Gasteiger partial charge in [-0.05, 0) is 48.5 Å². The number of nitrogens with zero attached hydrogens (tertiary/aromatic N) is 1. The van der Waals surface area contributed by atoms with Crippen LogP contribution in [0.4, 0.5) is 0 Å². The molecule has 0 radical (unpaired) electrons. The highest BCUT2D eigenvalue weighted by atomic mass is 16.5. The minimum absolute atomic E-state index is 0.0857. The minimum atomic E-state index is -0.611. The molecule has 1 amide bonds. The van der Waals surface area contributed by atoms with Crippen LogP contribution in [0.1, 0.15) is 36.6 Å². The number of hydrogen-bond acceptors (Lipinski definition) is 7.